The number of hydrogen-bond donors (Lipinski definition) is 0. The van der Waals surface area contributed by atoms with Crippen molar-refractivity contribution in [1.29, 1.82) is 0 Å². The molecule has 1 atom stereocenters. The highest BCUT2D eigenvalue weighted by atomic mass is 32.2. The zero-order valence-corrected chi connectivity index (χ0v) is 63.1. The van der Waals surface area contributed by atoms with E-state index in [-0.39, 0.29) is 25.1 Å². The second-order valence-electron chi connectivity index (χ2n) is 31.3. The predicted octanol–water partition coefficient (Wildman–Crippen LogP) is 19.1. The Hall–Kier alpha value is -7.59. The van der Waals surface area contributed by atoms with Gasteiger partial charge in [0.1, 0.15) is 0 Å². The molecule has 0 aromatic heterocycles. The Morgan fingerprint density at radius 3 is 1.10 bits per heavy atom. The number of hydrogen-bond acceptors (Lipinski definition) is 2. The molecule has 3 aliphatic heterocycles. The maximum absolute atomic E-state index is 13.4. The van der Waals surface area contributed by atoms with Crippen LogP contribution < -0.4 is 49.2 Å². The highest BCUT2D eigenvalue weighted by molar-refractivity contribution is 8.00. The van der Waals surface area contributed by atoms with Crippen LogP contribution in [0.2, 0.25) is 0 Å². The van der Waals surface area contributed by atoms with Crippen molar-refractivity contribution >= 4 is 86.8 Å². The molecule has 0 aliphatic carbocycles. The second kappa shape index (κ2) is 29.5. The maximum atomic E-state index is 13.4. The smallest absolute Gasteiger partial charge is 0.244 e. The third kappa shape index (κ3) is 14.1. The van der Waals surface area contributed by atoms with E-state index in [2.05, 4.69) is 327 Å². The first-order valence-corrected chi connectivity index (χ1v) is 37.5. The van der Waals surface area contributed by atoms with Gasteiger partial charge in [-0.3, -0.25) is 4.79 Å². The molecule has 0 fully saturated rings. The van der Waals surface area contributed by atoms with E-state index in [1.54, 1.807) is 5.46 Å². The highest BCUT2D eigenvalue weighted by Gasteiger charge is 2.42. The fraction of sp³-hybridized carbons (Fsp3) is 0.337. The van der Waals surface area contributed by atoms with Crippen LogP contribution in [-0.4, -0.2) is 25.9 Å². The number of aryl methyl sites for hydroxylation is 3. The van der Waals surface area contributed by atoms with Gasteiger partial charge in [0, 0.05) is 26.8 Å². The summed E-state index contributed by atoms with van der Waals surface area (Å²) in [4.78, 5) is 16.2. The summed E-state index contributed by atoms with van der Waals surface area (Å²) in [7, 11) is 0. The largest absolute Gasteiger partial charge is 0.289 e. The van der Waals surface area contributed by atoms with Gasteiger partial charge in [0.2, 0.25) is 20.1 Å². The first-order chi connectivity index (χ1) is 46.2. The molecule has 0 spiro atoms. The molecule has 10 aromatic rings. The second-order valence-corrected chi connectivity index (χ2v) is 32.4. The Balaban J connectivity index is 0.000000148. The van der Waals surface area contributed by atoms with E-state index in [0.29, 0.717) is 60.0 Å². The number of rotatable bonds is 13. The van der Waals surface area contributed by atoms with E-state index in [9.17, 15) is 4.79 Å². The molecule has 494 valence electrons. The van der Waals surface area contributed by atoms with Crippen LogP contribution >= 0.6 is 11.8 Å². The number of fused-ring (bicyclic) bond motifs is 6. The van der Waals surface area contributed by atoms with Gasteiger partial charge in [-0.25, -0.2) is 0 Å². The molecular formula is C92H105B3OS. The molecule has 0 bridgehead atoms. The Morgan fingerprint density at radius 2 is 0.629 bits per heavy atom. The SMILES string of the molecule is Cc1ccc2c(c1)C(=O)c1ccccc1B2c1c(C(C)C)cc(C(C)C)cc1C(C)C.Cc1ccc2c(c1)C(c1ccccc1)c1ccccc1B2c1c(C(C)C)cc(C(C)C)cc1C(C)C.Cc1ccc2c(c1)Sc1ccccc1B2c1c(C(C)C)cc(C(C)C)cc1C(C)C. The molecule has 13 rings (SSSR count). The molecule has 0 N–H and O–H groups in total. The number of ketones is 1. The zero-order chi connectivity index (χ0) is 69.6. The molecule has 1 unspecified atom stereocenters. The minimum absolute atomic E-state index is 0.0838. The lowest BCUT2D eigenvalue weighted by Gasteiger charge is -2.36. The molecule has 3 aliphatic rings. The zero-order valence-electron chi connectivity index (χ0n) is 62.3. The standard InChI is InChI=1S/C35H39B.C29H33BO.C28H33BS/c1-22(2)27-20-29(23(3)4)35(30(21-27)24(5)6)36-32-16-12-11-15-28(32)34(26-13-9-8-10-14-26)31-19-25(7)17-18-33(31)36;1-17(2)21-15-23(18(3)4)28(24(16-21)19(5)6)30-26-11-9-8-10-22(26)29(31)25-14-20(7)12-13-27(25)30;1-17(2)21-15-22(18(3)4)28(23(16-21)19(5)6)29-24-10-8-9-11-26(24)30-27-14-20(7)12-13-25(27)29/h8-24,34H,1-7H3;8-19H,1-7H3;8-19H,1-7H3. The Morgan fingerprint density at radius 1 is 0.289 bits per heavy atom. The highest BCUT2D eigenvalue weighted by Crippen LogP contribution is 2.38. The Bertz CT molecular complexity index is 4430. The molecule has 10 aromatic carbocycles. The monoisotopic (exact) mass is 1290 g/mol. The van der Waals surface area contributed by atoms with Crippen molar-refractivity contribution in [3.8, 4) is 0 Å². The first kappa shape index (κ1) is 70.7. The van der Waals surface area contributed by atoms with Gasteiger partial charge in [-0.2, -0.15) is 0 Å². The lowest BCUT2D eigenvalue weighted by Crippen LogP contribution is -2.60. The van der Waals surface area contributed by atoms with Crippen LogP contribution in [0.1, 0.15) is 283 Å². The van der Waals surface area contributed by atoms with Crippen molar-refractivity contribution in [3.05, 3.63) is 289 Å². The minimum Gasteiger partial charge on any atom is -0.289 e. The molecule has 97 heavy (non-hydrogen) atoms. The third-order valence-electron chi connectivity index (χ3n) is 21.2. The van der Waals surface area contributed by atoms with E-state index in [1.807, 2.05) is 23.9 Å². The van der Waals surface area contributed by atoms with Gasteiger partial charge in [0.25, 0.3) is 0 Å². The maximum Gasteiger partial charge on any atom is 0.244 e. The van der Waals surface area contributed by atoms with Crippen LogP contribution in [0.5, 0.6) is 0 Å². The quantitative estimate of drug-likeness (QED) is 0.107. The summed E-state index contributed by atoms with van der Waals surface area (Å²) in [5.74, 6) is 4.68. The van der Waals surface area contributed by atoms with E-state index < -0.39 is 0 Å². The summed E-state index contributed by atoms with van der Waals surface area (Å²) in [6.07, 6.45) is 0. The summed E-state index contributed by atoms with van der Waals surface area (Å²) in [5.41, 5.74) is 35.6. The summed E-state index contributed by atoms with van der Waals surface area (Å²) >= 11 is 1.93. The average molecular weight is 1290 g/mol. The fourth-order valence-electron chi connectivity index (χ4n) is 16.0. The lowest BCUT2D eigenvalue weighted by molar-refractivity contribution is 0.104. The van der Waals surface area contributed by atoms with E-state index in [0.717, 1.165) is 27.6 Å². The minimum atomic E-state index is 0.0838. The van der Waals surface area contributed by atoms with Crippen molar-refractivity contribution in [2.45, 2.75) is 214 Å². The van der Waals surface area contributed by atoms with E-state index in [4.69, 9.17) is 0 Å². The van der Waals surface area contributed by atoms with Gasteiger partial charge in [-0.1, -0.05) is 378 Å². The summed E-state index contributed by atoms with van der Waals surface area (Å²) < 4.78 is 0. The van der Waals surface area contributed by atoms with Gasteiger partial charge >= 0.3 is 0 Å². The van der Waals surface area contributed by atoms with E-state index in [1.165, 1.54) is 120 Å². The average Bonchev–Trinajstić information content (AvgIpc) is 0.741. The first-order valence-electron chi connectivity index (χ1n) is 36.6. The molecule has 5 heteroatoms. The van der Waals surface area contributed by atoms with Crippen molar-refractivity contribution < 1.29 is 4.79 Å². The van der Waals surface area contributed by atoms with Crippen LogP contribution in [0.4, 0.5) is 0 Å². The van der Waals surface area contributed by atoms with Gasteiger partial charge in [-0.05, 0) is 159 Å². The Kier molecular flexibility index (Phi) is 21.5. The third-order valence-corrected chi connectivity index (χ3v) is 22.4. The molecule has 0 radical (unpaired) electrons. The van der Waals surface area contributed by atoms with Crippen LogP contribution in [0.3, 0.4) is 0 Å². The van der Waals surface area contributed by atoms with E-state index >= 15 is 0 Å². The fourth-order valence-corrected chi connectivity index (χ4v) is 17.2. The van der Waals surface area contributed by atoms with Crippen LogP contribution in [0.25, 0.3) is 0 Å². The summed E-state index contributed by atoms with van der Waals surface area (Å²) in [5, 5.41) is 0. The Labute approximate surface area is 590 Å². The number of carbonyl (C=O) groups excluding carboxylic acids is 1. The van der Waals surface area contributed by atoms with Gasteiger partial charge in [0.15, 0.2) is 5.78 Å². The normalized spacial score (nSPS) is 13.9. The van der Waals surface area contributed by atoms with Gasteiger partial charge < -0.3 is 0 Å². The molecule has 1 nitrogen and oxygen atoms in total. The number of benzene rings is 10. The molecule has 0 saturated carbocycles. The van der Waals surface area contributed by atoms with Crippen molar-refractivity contribution in [1.82, 2.24) is 0 Å². The van der Waals surface area contributed by atoms with Crippen molar-refractivity contribution in [2.24, 2.45) is 0 Å². The van der Waals surface area contributed by atoms with Crippen molar-refractivity contribution in [3.63, 3.8) is 0 Å². The van der Waals surface area contributed by atoms with Gasteiger partial charge in [0.05, 0.1) is 0 Å². The lowest BCUT2D eigenvalue weighted by atomic mass is 9.31. The summed E-state index contributed by atoms with van der Waals surface area (Å²) in [6, 6.07) is 73.0. The van der Waals surface area contributed by atoms with Crippen LogP contribution in [-0.2, 0) is 0 Å². The molecule has 0 amide bonds. The molecule has 0 saturated heterocycles. The molecular weight excluding hydrogens is 1190 g/mol. The van der Waals surface area contributed by atoms with Crippen LogP contribution in [0, 0.1) is 20.8 Å². The molecule has 3 heterocycles. The number of carbonyl (C=O) groups is 1. The van der Waals surface area contributed by atoms with Gasteiger partial charge in [-0.15, -0.1) is 0 Å². The van der Waals surface area contributed by atoms with Crippen molar-refractivity contribution in [2.75, 3.05) is 0 Å². The topological polar surface area (TPSA) is 17.1 Å². The predicted molar refractivity (Wildman–Crippen MR) is 428 cm³/mol. The van der Waals surface area contributed by atoms with Crippen LogP contribution in [0.15, 0.2) is 204 Å². The summed E-state index contributed by atoms with van der Waals surface area (Å²) in [6.45, 7) is 49.0.